The fourth-order valence-corrected chi connectivity index (χ4v) is 0.946. The number of methoxy groups -OCH3 is 2. The standard InChI is InChI=1S/C10H20O4/c1-5-7-9(11-3)10(12-4)14-8-13-6-2/h5-8H2,1-4H3/b10-9-. The van der Waals surface area contributed by atoms with Gasteiger partial charge in [0.05, 0.1) is 14.2 Å². The maximum Gasteiger partial charge on any atom is 0.320 e. The monoisotopic (exact) mass is 204 g/mol. The Morgan fingerprint density at radius 1 is 1.07 bits per heavy atom. The van der Waals surface area contributed by atoms with E-state index in [4.69, 9.17) is 18.9 Å². The Morgan fingerprint density at radius 3 is 2.21 bits per heavy atom. The van der Waals surface area contributed by atoms with Crippen LogP contribution in [0.3, 0.4) is 0 Å². The van der Waals surface area contributed by atoms with Crippen LogP contribution in [0.4, 0.5) is 0 Å². The molecule has 0 radical (unpaired) electrons. The molecule has 0 fully saturated rings. The third kappa shape index (κ3) is 4.97. The maximum atomic E-state index is 5.25. The molecule has 0 atom stereocenters. The van der Waals surface area contributed by atoms with Crippen LogP contribution in [0.2, 0.25) is 0 Å². The molecule has 0 spiro atoms. The maximum absolute atomic E-state index is 5.25. The number of hydrogen-bond donors (Lipinski definition) is 0. The normalized spacial score (nSPS) is 12.0. The Hall–Kier alpha value is -0.900. The third-order valence-corrected chi connectivity index (χ3v) is 1.61. The van der Waals surface area contributed by atoms with Crippen molar-refractivity contribution in [2.24, 2.45) is 0 Å². The molecular formula is C10H20O4. The molecule has 0 bridgehead atoms. The summed E-state index contributed by atoms with van der Waals surface area (Å²) < 4.78 is 20.5. The molecule has 0 aromatic carbocycles. The van der Waals surface area contributed by atoms with E-state index in [0.29, 0.717) is 12.6 Å². The van der Waals surface area contributed by atoms with Crippen LogP contribution < -0.4 is 0 Å². The van der Waals surface area contributed by atoms with Gasteiger partial charge >= 0.3 is 5.95 Å². The smallest absolute Gasteiger partial charge is 0.320 e. The van der Waals surface area contributed by atoms with Gasteiger partial charge in [0.2, 0.25) is 0 Å². The first-order valence-electron chi connectivity index (χ1n) is 4.81. The average Bonchev–Trinajstić information content (AvgIpc) is 2.22. The van der Waals surface area contributed by atoms with Gasteiger partial charge in [-0.25, -0.2) is 0 Å². The summed E-state index contributed by atoms with van der Waals surface area (Å²) in [6, 6.07) is 0. The number of allylic oxidation sites excluding steroid dienone is 1. The molecule has 0 aliphatic heterocycles. The van der Waals surface area contributed by atoms with Gasteiger partial charge in [-0.05, 0) is 13.3 Å². The van der Waals surface area contributed by atoms with E-state index in [9.17, 15) is 0 Å². The Balaban J connectivity index is 4.15. The van der Waals surface area contributed by atoms with Crippen LogP contribution in [-0.4, -0.2) is 27.6 Å². The van der Waals surface area contributed by atoms with Crippen LogP contribution in [-0.2, 0) is 18.9 Å². The Labute approximate surface area is 85.8 Å². The molecule has 0 amide bonds. The van der Waals surface area contributed by atoms with Crippen molar-refractivity contribution in [2.45, 2.75) is 26.7 Å². The summed E-state index contributed by atoms with van der Waals surface area (Å²) in [4.78, 5) is 0. The first kappa shape index (κ1) is 13.1. The first-order chi connectivity index (χ1) is 6.79. The van der Waals surface area contributed by atoms with E-state index in [0.717, 1.165) is 18.6 Å². The molecule has 0 heterocycles. The summed E-state index contributed by atoms with van der Waals surface area (Å²) in [6.07, 6.45) is 1.78. The number of rotatable bonds is 8. The SMILES string of the molecule is CCC/C(OC)=C(\OC)OCOCC. The van der Waals surface area contributed by atoms with Crippen LogP contribution in [0.25, 0.3) is 0 Å². The van der Waals surface area contributed by atoms with Crippen LogP contribution in [0, 0.1) is 0 Å². The van der Waals surface area contributed by atoms with Crippen molar-refractivity contribution in [1.29, 1.82) is 0 Å². The predicted octanol–water partition coefficient (Wildman–Crippen LogP) is 2.26. The van der Waals surface area contributed by atoms with Gasteiger partial charge in [-0.2, -0.15) is 0 Å². The summed E-state index contributed by atoms with van der Waals surface area (Å²) in [7, 11) is 3.16. The molecule has 0 aromatic heterocycles. The highest BCUT2D eigenvalue weighted by Crippen LogP contribution is 2.13. The number of hydrogen-bond acceptors (Lipinski definition) is 4. The highest BCUT2D eigenvalue weighted by molar-refractivity contribution is 4.94. The lowest BCUT2D eigenvalue weighted by molar-refractivity contribution is -0.0706. The molecule has 0 unspecified atom stereocenters. The highest BCUT2D eigenvalue weighted by Gasteiger charge is 2.08. The molecule has 14 heavy (non-hydrogen) atoms. The van der Waals surface area contributed by atoms with Gasteiger partial charge in [-0.15, -0.1) is 0 Å². The summed E-state index contributed by atoms with van der Waals surface area (Å²) in [5.41, 5.74) is 0. The van der Waals surface area contributed by atoms with E-state index in [-0.39, 0.29) is 6.79 Å². The van der Waals surface area contributed by atoms with E-state index in [1.165, 1.54) is 0 Å². The van der Waals surface area contributed by atoms with Crippen molar-refractivity contribution in [2.75, 3.05) is 27.6 Å². The van der Waals surface area contributed by atoms with Gasteiger partial charge in [0.1, 0.15) is 0 Å². The van der Waals surface area contributed by atoms with Gasteiger partial charge in [0, 0.05) is 13.0 Å². The minimum atomic E-state index is 0.191. The van der Waals surface area contributed by atoms with Gasteiger partial charge in [-0.1, -0.05) is 6.92 Å². The van der Waals surface area contributed by atoms with E-state index in [1.807, 2.05) is 6.92 Å². The molecular weight excluding hydrogens is 184 g/mol. The van der Waals surface area contributed by atoms with Crippen molar-refractivity contribution in [3.8, 4) is 0 Å². The zero-order valence-electron chi connectivity index (χ0n) is 9.46. The zero-order chi connectivity index (χ0) is 10.8. The quantitative estimate of drug-likeness (QED) is 0.345. The molecule has 0 aliphatic carbocycles. The molecule has 0 rings (SSSR count). The summed E-state index contributed by atoms with van der Waals surface area (Å²) in [5.74, 6) is 1.12. The highest BCUT2D eigenvalue weighted by atomic mass is 16.7. The fraction of sp³-hybridized carbons (Fsp3) is 0.800. The topological polar surface area (TPSA) is 36.9 Å². The number of ether oxygens (including phenoxy) is 4. The van der Waals surface area contributed by atoms with Crippen molar-refractivity contribution in [3.05, 3.63) is 11.7 Å². The van der Waals surface area contributed by atoms with E-state index < -0.39 is 0 Å². The molecule has 0 saturated heterocycles. The largest absolute Gasteiger partial charge is 0.494 e. The van der Waals surface area contributed by atoms with Gasteiger partial charge in [0.15, 0.2) is 12.6 Å². The van der Waals surface area contributed by atoms with Crippen molar-refractivity contribution >= 4 is 0 Å². The van der Waals surface area contributed by atoms with Crippen LogP contribution in [0.15, 0.2) is 11.7 Å². The van der Waals surface area contributed by atoms with Crippen LogP contribution in [0.1, 0.15) is 26.7 Å². The van der Waals surface area contributed by atoms with Crippen molar-refractivity contribution < 1.29 is 18.9 Å². The molecule has 4 heteroatoms. The van der Waals surface area contributed by atoms with Crippen LogP contribution >= 0.6 is 0 Å². The van der Waals surface area contributed by atoms with E-state index >= 15 is 0 Å². The lowest BCUT2D eigenvalue weighted by Gasteiger charge is -2.13. The molecule has 0 saturated carbocycles. The minimum Gasteiger partial charge on any atom is -0.494 e. The molecule has 0 aromatic rings. The van der Waals surface area contributed by atoms with Crippen molar-refractivity contribution in [1.82, 2.24) is 0 Å². The molecule has 0 aliphatic rings. The Bertz CT molecular complexity index is 166. The van der Waals surface area contributed by atoms with Crippen LogP contribution in [0.5, 0.6) is 0 Å². The summed E-state index contributed by atoms with van der Waals surface area (Å²) in [6.45, 7) is 4.78. The van der Waals surface area contributed by atoms with E-state index in [1.54, 1.807) is 14.2 Å². The summed E-state index contributed by atoms with van der Waals surface area (Å²) >= 11 is 0. The third-order valence-electron chi connectivity index (χ3n) is 1.61. The first-order valence-corrected chi connectivity index (χ1v) is 4.81. The zero-order valence-corrected chi connectivity index (χ0v) is 9.46. The van der Waals surface area contributed by atoms with Gasteiger partial charge < -0.3 is 18.9 Å². The average molecular weight is 204 g/mol. The lowest BCUT2D eigenvalue weighted by atomic mass is 10.3. The lowest BCUT2D eigenvalue weighted by Crippen LogP contribution is -2.05. The molecule has 0 N–H and O–H groups in total. The van der Waals surface area contributed by atoms with Gasteiger partial charge in [0.25, 0.3) is 0 Å². The Kier molecular flexibility index (Phi) is 8.13. The second-order valence-electron chi connectivity index (χ2n) is 2.62. The second-order valence-corrected chi connectivity index (χ2v) is 2.62. The molecule has 4 nitrogen and oxygen atoms in total. The summed E-state index contributed by atoms with van der Waals surface area (Å²) in [5, 5.41) is 0. The molecule has 84 valence electrons. The van der Waals surface area contributed by atoms with Gasteiger partial charge in [-0.3, -0.25) is 0 Å². The minimum absolute atomic E-state index is 0.191. The fourth-order valence-electron chi connectivity index (χ4n) is 0.946. The van der Waals surface area contributed by atoms with E-state index in [2.05, 4.69) is 6.92 Å². The predicted molar refractivity (Wildman–Crippen MR) is 53.5 cm³/mol. The second kappa shape index (κ2) is 8.69. The Morgan fingerprint density at radius 2 is 1.79 bits per heavy atom. The van der Waals surface area contributed by atoms with Crippen molar-refractivity contribution in [3.63, 3.8) is 0 Å².